The highest BCUT2D eigenvalue weighted by Gasteiger charge is 2.71. The maximum absolute atomic E-state index is 14.3. The van der Waals surface area contributed by atoms with E-state index in [0.717, 1.165) is 18.4 Å². The van der Waals surface area contributed by atoms with Crippen LogP contribution in [0.2, 0.25) is 0 Å². The van der Waals surface area contributed by atoms with E-state index in [1.807, 2.05) is 59.2 Å². The number of aliphatic hydroxyl groups is 1. The molecule has 1 aromatic rings. The van der Waals surface area contributed by atoms with E-state index >= 15 is 0 Å². The van der Waals surface area contributed by atoms with Gasteiger partial charge in [-0.15, -0.1) is 11.8 Å². The van der Waals surface area contributed by atoms with Crippen LogP contribution in [0.3, 0.4) is 0 Å². The first kappa shape index (κ1) is 27.0. The third kappa shape index (κ3) is 4.30. The number of benzene rings is 1. The van der Waals surface area contributed by atoms with Gasteiger partial charge in [0.15, 0.2) is 0 Å². The van der Waals surface area contributed by atoms with Gasteiger partial charge in [0, 0.05) is 30.9 Å². The van der Waals surface area contributed by atoms with Crippen LogP contribution in [0.1, 0.15) is 45.6 Å². The molecule has 1 aromatic carbocycles. The quantitative estimate of drug-likeness (QED) is 0.515. The van der Waals surface area contributed by atoms with Gasteiger partial charge in [0.05, 0.1) is 29.2 Å². The first-order valence-electron chi connectivity index (χ1n) is 14.0. The summed E-state index contributed by atoms with van der Waals surface area (Å²) in [5, 5.41) is 10.1. The molecule has 5 rings (SSSR count). The Balaban J connectivity index is 1.56. The number of carbonyl (C=O) groups excluding carboxylic acids is 3. The molecule has 2 fully saturated rings. The van der Waals surface area contributed by atoms with Gasteiger partial charge in [-0.25, -0.2) is 0 Å². The molecule has 0 aromatic heterocycles. The van der Waals surface area contributed by atoms with Gasteiger partial charge in [0.2, 0.25) is 17.7 Å². The van der Waals surface area contributed by atoms with E-state index in [1.54, 1.807) is 16.7 Å². The van der Waals surface area contributed by atoms with Gasteiger partial charge in [0.1, 0.15) is 6.04 Å². The number of thioether (sulfide) groups is 1. The summed E-state index contributed by atoms with van der Waals surface area (Å²) in [5.74, 6) is -1.50. The molecule has 3 amide bonds. The molecule has 7 atom stereocenters. The summed E-state index contributed by atoms with van der Waals surface area (Å²) in [6.07, 6.45) is 10.6. The van der Waals surface area contributed by atoms with E-state index in [1.165, 1.54) is 0 Å². The van der Waals surface area contributed by atoms with Crippen molar-refractivity contribution in [2.75, 3.05) is 19.7 Å². The Hall–Kier alpha value is -2.58. The van der Waals surface area contributed by atoms with Crippen molar-refractivity contribution in [3.63, 3.8) is 0 Å². The van der Waals surface area contributed by atoms with Crippen molar-refractivity contribution >= 4 is 29.5 Å². The Morgan fingerprint density at radius 2 is 1.82 bits per heavy atom. The highest BCUT2D eigenvalue weighted by molar-refractivity contribution is 8.02. The molecule has 1 N–H and O–H groups in total. The van der Waals surface area contributed by atoms with Crippen LogP contribution in [-0.4, -0.2) is 85.3 Å². The van der Waals surface area contributed by atoms with E-state index < -0.39 is 28.7 Å². The van der Waals surface area contributed by atoms with E-state index in [4.69, 9.17) is 0 Å². The van der Waals surface area contributed by atoms with E-state index in [2.05, 4.69) is 26.0 Å². The third-order valence-corrected chi connectivity index (χ3v) is 10.5. The first-order chi connectivity index (χ1) is 18.4. The zero-order chi connectivity index (χ0) is 27.0. The lowest BCUT2D eigenvalue weighted by molar-refractivity contribution is -0.147. The second kappa shape index (κ2) is 10.9. The predicted octanol–water partition coefficient (Wildman–Crippen LogP) is 3.24. The third-order valence-electron chi connectivity index (χ3n) is 8.74. The van der Waals surface area contributed by atoms with Crippen molar-refractivity contribution in [2.45, 2.75) is 74.7 Å². The molecule has 4 heterocycles. The van der Waals surface area contributed by atoms with Crippen molar-refractivity contribution in [2.24, 2.45) is 11.8 Å². The zero-order valence-electron chi connectivity index (χ0n) is 22.5. The van der Waals surface area contributed by atoms with Crippen molar-refractivity contribution in [3.05, 3.63) is 60.2 Å². The number of carbonyl (C=O) groups is 3. The highest BCUT2D eigenvalue weighted by Crippen LogP contribution is 2.61. The molecule has 2 unspecified atom stereocenters. The number of fused-ring (bicyclic) bond motifs is 2. The Morgan fingerprint density at radius 1 is 1.05 bits per heavy atom. The van der Waals surface area contributed by atoms with Gasteiger partial charge in [-0.3, -0.25) is 14.4 Å². The molecule has 204 valence electrons. The number of likely N-dealkylation sites (tertiary alicyclic amines) is 1. The van der Waals surface area contributed by atoms with Gasteiger partial charge in [-0.1, -0.05) is 74.9 Å². The van der Waals surface area contributed by atoms with Crippen LogP contribution in [-0.2, 0) is 20.9 Å². The SMILES string of the molecule is CCCC(C)N1CC=C[C@]23S[C@H]4C=CCN(Cc5ccccc5)C(=O)[C@H]4[C@H]2C(=O)N([C@@H](CC)CO)C3C1=O. The molecule has 8 heteroatoms. The summed E-state index contributed by atoms with van der Waals surface area (Å²) in [4.78, 5) is 48.2. The number of nitrogens with zero attached hydrogens (tertiary/aromatic N) is 3. The molecule has 0 aliphatic carbocycles. The van der Waals surface area contributed by atoms with Crippen LogP contribution in [0.15, 0.2) is 54.6 Å². The molecule has 0 bridgehead atoms. The summed E-state index contributed by atoms with van der Waals surface area (Å²) >= 11 is 1.60. The van der Waals surface area contributed by atoms with Gasteiger partial charge in [-0.05, 0) is 25.3 Å². The van der Waals surface area contributed by atoms with Gasteiger partial charge >= 0.3 is 0 Å². The van der Waals surface area contributed by atoms with Crippen LogP contribution < -0.4 is 0 Å². The van der Waals surface area contributed by atoms with Crippen LogP contribution in [0.5, 0.6) is 0 Å². The summed E-state index contributed by atoms with van der Waals surface area (Å²) in [7, 11) is 0. The minimum Gasteiger partial charge on any atom is -0.394 e. The minimum atomic E-state index is -0.845. The summed E-state index contributed by atoms with van der Waals surface area (Å²) in [6.45, 7) is 7.35. The fourth-order valence-electron chi connectivity index (χ4n) is 6.87. The summed E-state index contributed by atoms with van der Waals surface area (Å²) in [6, 6.07) is 8.73. The Bertz CT molecular complexity index is 1120. The van der Waals surface area contributed by atoms with Gasteiger partial charge in [0.25, 0.3) is 0 Å². The predicted molar refractivity (Wildman–Crippen MR) is 149 cm³/mol. The summed E-state index contributed by atoms with van der Waals surface area (Å²) in [5.41, 5.74) is 1.04. The number of aliphatic hydroxyl groups excluding tert-OH is 1. The lowest BCUT2D eigenvalue weighted by atomic mass is 9.78. The molecule has 0 radical (unpaired) electrons. The van der Waals surface area contributed by atoms with Crippen LogP contribution >= 0.6 is 11.8 Å². The van der Waals surface area contributed by atoms with E-state index in [-0.39, 0.29) is 35.6 Å². The molecule has 0 saturated carbocycles. The average molecular weight is 538 g/mol. The van der Waals surface area contributed by atoms with E-state index in [9.17, 15) is 19.5 Å². The normalized spacial score (nSPS) is 32.1. The Morgan fingerprint density at radius 3 is 2.50 bits per heavy atom. The fourth-order valence-corrected chi connectivity index (χ4v) is 8.86. The molecule has 4 aliphatic heterocycles. The zero-order valence-corrected chi connectivity index (χ0v) is 23.3. The van der Waals surface area contributed by atoms with Crippen molar-refractivity contribution in [3.8, 4) is 0 Å². The number of hydrogen-bond donors (Lipinski definition) is 1. The fraction of sp³-hybridized carbons (Fsp3) is 0.567. The molecular weight excluding hydrogens is 498 g/mol. The van der Waals surface area contributed by atoms with Gasteiger partial charge in [-0.2, -0.15) is 0 Å². The Kier molecular flexibility index (Phi) is 7.74. The first-order valence-corrected chi connectivity index (χ1v) is 14.8. The van der Waals surface area contributed by atoms with Gasteiger partial charge < -0.3 is 19.8 Å². The molecule has 4 aliphatic rings. The number of rotatable bonds is 8. The van der Waals surface area contributed by atoms with E-state index in [0.29, 0.717) is 26.1 Å². The maximum atomic E-state index is 14.3. The second-order valence-electron chi connectivity index (χ2n) is 11.0. The maximum Gasteiger partial charge on any atom is 0.247 e. The van der Waals surface area contributed by atoms with Crippen molar-refractivity contribution < 1.29 is 19.5 Å². The standard InChI is InChI=1S/C30H39N3O4S/c1-4-11-20(3)32-17-10-15-30-25(28(36)33(22(5-2)19-34)26(30)29(32)37)24-23(38-30)14-9-16-31(27(24)35)18-21-12-7-6-8-13-21/h6-10,12-15,20,22-26,34H,4-5,11,16-19H2,1-3H3/t20?,22-,23-,24+,25-,26?,30-/m0/s1. The number of hydrogen-bond acceptors (Lipinski definition) is 5. The summed E-state index contributed by atoms with van der Waals surface area (Å²) < 4.78 is -0.845. The molecule has 38 heavy (non-hydrogen) atoms. The molecule has 1 spiro atoms. The molecule has 2 saturated heterocycles. The monoisotopic (exact) mass is 537 g/mol. The van der Waals surface area contributed by atoms with Crippen LogP contribution in [0.4, 0.5) is 0 Å². The van der Waals surface area contributed by atoms with Crippen LogP contribution in [0.25, 0.3) is 0 Å². The van der Waals surface area contributed by atoms with Crippen molar-refractivity contribution in [1.82, 2.24) is 14.7 Å². The largest absolute Gasteiger partial charge is 0.394 e. The van der Waals surface area contributed by atoms with Crippen molar-refractivity contribution in [1.29, 1.82) is 0 Å². The van der Waals surface area contributed by atoms with Crippen LogP contribution in [0, 0.1) is 11.8 Å². The lowest BCUT2D eigenvalue weighted by Gasteiger charge is -2.39. The average Bonchev–Trinajstić information content (AvgIpc) is 3.23. The second-order valence-corrected chi connectivity index (χ2v) is 12.5. The Labute approximate surface area is 229 Å². The topological polar surface area (TPSA) is 81.2 Å². The molecular formula is C30H39N3O4S. The number of amides is 3. The molecule has 7 nitrogen and oxygen atoms in total. The smallest absolute Gasteiger partial charge is 0.247 e. The highest BCUT2D eigenvalue weighted by atomic mass is 32.2. The minimum absolute atomic E-state index is 0.0365. The lowest BCUT2D eigenvalue weighted by Crippen LogP contribution is -2.57.